The number of anilines is 3. The van der Waals surface area contributed by atoms with Crippen LogP contribution in [0.4, 0.5) is 17.3 Å². The number of Topliss-reactive ketones (excluding diaryl/α,β-unsaturated/α-hetero) is 1. The van der Waals surface area contributed by atoms with Crippen LogP contribution in [-0.4, -0.2) is 51.8 Å². The molecule has 31 heavy (non-hydrogen) atoms. The topological polar surface area (TPSA) is 109 Å². The van der Waals surface area contributed by atoms with Crippen LogP contribution in [0.5, 0.6) is 0 Å². The minimum Gasteiger partial charge on any atom is -0.336 e. The normalized spacial score (nSPS) is 16.7. The first-order valence-electron chi connectivity index (χ1n) is 10.6. The van der Waals surface area contributed by atoms with Crippen LogP contribution < -0.4 is 16.2 Å². The zero-order chi connectivity index (χ0) is 22.2. The molecule has 2 aromatic heterocycles. The molecule has 164 valence electrons. The fourth-order valence-corrected chi connectivity index (χ4v) is 4.69. The van der Waals surface area contributed by atoms with E-state index in [1.807, 2.05) is 25.9 Å². The van der Waals surface area contributed by atoms with E-state index < -0.39 is 0 Å². The van der Waals surface area contributed by atoms with Gasteiger partial charge in [-0.2, -0.15) is 0 Å². The molecule has 0 aromatic carbocycles. The van der Waals surface area contributed by atoms with Crippen LogP contribution in [0.15, 0.2) is 23.3 Å². The van der Waals surface area contributed by atoms with Crippen LogP contribution in [-0.2, 0) is 10.3 Å². The molecule has 1 saturated carbocycles. The van der Waals surface area contributed by atoms with Crippen molar-refractivity contribution in [3.63, 3.8) is 0 Å². The summed E-state index contributed by atoms with van der Waals surface area (Å²) in [6, 6.07) is 3.30. The van der Waals surface area contributed by atoms with E-state index in [0.29, 0.717) is 42.4 Å². The number of hydrogen-bond donors (Lipinski definition) is 2. The zero-order valence-electron chi connectivity index (χ0n) is 18.2. The van der Waals surface area contributed by atoms with Crippen molar-refractivity contribution in [1.29, 1.82) is 0 Å². The summed E-state index contributed by atoms with van der Waals surface area (Å²) in [6.45, 7) is 2.49. The Kier molecular flexibility index (Phi) is 5.62. The van der Waals surface area contributed by atoms with Gasteiger partial charge in [-0.05, 0) is 45.5 Å². The maximum Gasteiger partial charge on any atom is 0.275 e. The minimum absolute atomic E-state index is 0.0489. The van der Waals surface area contributed by atoms with Crippen LogP contribution in [0.25, 0.3) is 0 Å². The molecule has 0 bridgehead atoms. The van der Waals surface area contributed by atoms with Gasteiger partial charge in [-0.15, -0.1) is 0 Å². The van der Waals surface area contributed by atoms with E-state index in [-0.39, 0.29) is 22.8 Å². The number of carbonyl (C=O) groups excluding carboxylic acids is 2. The van der Waals surface area contributed by atoms with Crippen molar-refractivity contribution in [1.82, 2.24) is 19.4 Å². The zero-order valence-corrected chi connectivity index (χ0v) is 18.2. The summed E-state index contributed by atoms with van der Waals surface area (Å²) in [7, 11) is 3.81. The van der Waals surface area contributed by atoms with E-state index in [2.05, 4.69) is 20.6 Å². The van der Waals surface area contributed by atoms with Gasteiger partial charge in [0.2, 0.25) is 5.91 Å². The molecule has 9 nitrogen and oxygen atoms in total. The summed E-state index contributed by atoms with van der Waals surface area (Å²) < 4.78 is 1.73. The maximum absolute atomic E-state index is 13.4. The standard InChI is InChI=1S/C22H28N6O3/c1-14-10-15(21(31)28-20(14)16(29)12-22(28)7-4-5-8-22)25-17-11-18(24-13-23-17)26-19(30)6-9-27(2)3/h10-11,13H,4-9,12H2,1-3H3,(H2,23,24,25,26,30). The van der Waals surface area contributed by atoms with E-state index in [1.54, 1.807) is 16.7 Å². The van der Waals surface area contributed by atoms with Crippen LogP contribution in [0.3, 0.4) is 0 Å². The SMILES string of the molecule is Cc1cc(Nc2cc(NC(=O)CCN(C)C)ncn2)c(=O)n2c1C(=O)CC21CCCC1. The van der Waals surface area contributed by atoms with Crippen molar-refractivity contribution < 1.29 is 9.59 Å². The fourth-order valence-electron chi connectivity index (χ4n) is 4.69. The monoisotopic (exact) mass is 424 g/mol. The second-order valence-electron chi connectivity index (χ2n) is 8.78. The molecular weight excluding hydrogens is 396 g/mol. The lowest BCUT2D eigenvalue weighted by Crippen LogP contribution is -2.37. The minimum atomic E-state index is -0.386. The third-order valence-corrected chi connectivity index (χ3v) is 6.14. The summed E-state index contributed by atoms with van der Waals surface area (Å²) in [6.07, 6.45) is 5.85. The lowest BCUT2D eigenvalue weighted by Gasteiger charge is -2.26. The Labute approximate surface area is 180 Å². The van der Waals surface area contributed by atoms with Gasteiger partial charge < -0.3 is 15.5 Å². The third kappa shape index (κ3) is 4.10. The summed E-state index contributed by atoms with van der Waals surface area (Å²) in [5.41, 5.74) is 1.09. The number of carbonyl (C=O) groups is 2. The Morgan fingerprint density at radius 1 is 1.16 bits per heavy atom. The average Bonchev–Trinajstić information content (AvgIpc) is 3.29. The summed E-state index contributed by atoms with van der Waals surface area (Å²) in [5.74, 6) is 0.669. The smallest absolute Gasteiger partial charge is 0.275 e. The highest BCUT2D eigenvalue weighted by atomic mass is 16.2. The van der Waals surface area contributed by atoms with E-state index in [4.69, 9.17) is 0 Å². The van der Waals surface area contributed by atoms with E-state index in [0.717, 1.165) is 31.2 Å². The van der Waals surface area contributed by atoms with Crippen LogP contribution >= 0.6 is 0 Å². The molecule has 1 fully saturated rings. The Hall–Kier alpha value is -3.07. The van der Waals surface area contributed by atoms with Gasteiger partial charge in [-0.1, -0.05) is 12.8 Å². The van der Waals surface area contributed by atoms with E-state index >= 15 is 0 Å². The van der Waals surface area contributed by atoms with Crippen molar-refractivity contribution in [2.24, 2.45) is 0 Å². The first kappa shape index (κ1) is 21.2. The third-order valence-electron chi connectivity index (χ3n) is 6.14. The van der Waals surface area contributed by atoms with Gasteiger partial charge in [0, 0.05) is 25.5 Å². The molecule has 1 spiro atoms. The van der Waals surface area contributed by atoms with Gasteiger partial charge in [0.25, 0.3) is 5.56 Å². The molecule has 0 atom stereocenters. The van der Waals surface area contributed by atoms with Gasteiger partial charge >= 0.3 is 0 Å². The van der Waals surface area contributed by atoms with E-state index in [1.165, 1.54) is 6.33 Å². The Bertz CT molecular complexity index is 1090. The molecule has 2 N–H and O–H groups in total. The summed E-state index contributed by atoms with van der Waals surface area (Å²) >= 11 is 0. The fraction of sp³-hybridized carbons (Fsp3) is 0.500. The number of ketones is 1. The molecule has 4 rings (SSSR count). The number of aryl methyl sites for hydroxylation is 1. The number of nitrogens with zero attached hydrogens (tertiary/aromatic N) is 4. The van der Waals surface area contributed by atoms with Crippen LogP contribution in [0.1, 0.15) is 54.6 Å². The van der Waals surface area contributed by atoms with Crippen molar-refractivity contribution in [3.05, 3.63) is 40.1 Å². The Balaban J connectivity index is 1.60. The predicted octanol–water partition coefficient (Wildman–Crippen LogP) is 2.44. The molecule has 2 aromatic rings. The molecule has 1 aliphatic carbocycles. The number of nitrogens with one attached hydrogen (secondary N) is 2. The quantitative estimate of drug-likeness (QED) is 0.733. The first-order chi connectivity index (χ1) is 14.8. The highest BCUT2D eigenvalue weighted by Crippen LogP contribution is 2.45. The van der Waals surface area contributed by atoms with E-state index in [9.17, 15) is 14.4 Å². The predicted molar refractivity (Wildman–Crippen MR) is 118 cm³/mol. The molecule has 2 aliphatic rings. The number of rotatable bonds is 6. The highest BCUT2D eigenvalue weighted by molar-refractivity contribution is 5.99. The van der Waals surface area contributed by atoms with Crippen LogP contribution in [0, 0.1) is 6.92 Å². The number of pyridine rings is 1. The molecule has 1 aliphatic heterocycles. The largest absolute Gasteiger partial charge is 0.336 e. The maximum atomic E-state index is 13.4. The first-order valence-corrected chi connectivity index (χ1v) is 10.6. The number of fused-ring (bicyclic) bond motifs is 2. The van der Waals surface area contributed by atoms with Crippen LogP contribution in [0.2, 0.25) is 0 Å². The van der Waals surface area contributed by atoms with Crippen molar-refractivity contribution >= 4 is 29.0 Å². The lowest BCUT2D eigenvalue weighted by atomic mass is 9.94. The van der Waals surface area contributed by atoms with Gasteiger partial charge in [-0.25, -0.2) is 9.97 Å². The second-order valence-corrected chi connectivity index (χ2v) is 8.78. The Morgan fingerprint density at radius 2 is 1.87 bits per heavy atom. The molecule has 0 unspecified atom stereocenters. The molecule has 3 heterocycles. The highest BCUT2D eigenvalue weighted by Gasteiger charge is 2.46. The number of hydrogen-bond acceptors (Lipinski definition) is 7. The molecule has 9 heteroatoms. The number of amides is 1. The Morgan fingerprint density at radius 3 is 2.58 bits per heavy atom. The van der Waals surface area contributed by atoms with Crippen molar-refractivity contribution in [2.75, 3.05) is 31.3 Å². The second kappa shape index (κ2) is 8.22. The summed E-state index contributed by atoms with van der Waals surface area (Å²) in [5, 5.41) is 5.82. The molecule has 0 saturated heterocycles. The van der Waals surface area contributed by atoms with Crippen molar-refractivity contribution in [2.45, 2.75) is 51.0 Å². The van der Waals surface area contributed by atoms with Gasteiger partial charge in [0.1, 0.15) is 23.7 Å². The molecular formula is C22H28N6O3. The van der Waals surface area contributed by atoms with Gasteiger partial charge in [0.15, 0.2) is 5.78 Å². The van der Waals surface area contributed by atoms with Gasteiger partial charge in [-0.3, -0.25) is 19.0 Å². The average molecular weight is 425 g/mol. The molecule has 1 amide bonds. The number of aromatic nitrogens is 3. The molecule has 0 radical (unpaired) electrons. The lowest BCUT2D eigenvalue weighted by molar-refractivity contribution is -0.116. The summed E-state index contributed by atoms with van der Waals surface area (Å²) in [4.78, 5) is 48.3. The van der Waals surface area contributed by atoms with Gasteiger partial charge in [0.05, 0.1) is 11.2 Å². The van der Waals surface area contributed by atoms with Crippen molar-refractivity contribution in [3.8, 4) is 0 Å².